The van der Waals surface area contributed by atoms with Crippen LogP contribution in [0.15, 0.2) is 0 Å². The van der Waals surface area contributed by atoms with Crippen molar-refractivity contribution in [2.24, 2.45) is 0 Å². The van der Waals surface area contributed by atoms with Crippen LogP contribution in [0, 0.1) is 0 Å². The van der Waals surface area contributed by atoms with Crippen LogP contribution in [0.25, 0.3) is 0 Å². The molecule has 0 saturated carbocycles. The molecule has 0 radical (unpaired) electrons. The number of rotatable bonds is 5. The standard InChI is InChI=1S/C15H28BrNO4/c1-14(2,3)20-12(18)11(9-8-10-16)17(7)13(19)21-15(4,5)6/h11H,8-10H2,1-7H3/t11-/m0/s1. The largest absolute Gasteiger partial charge is 0.458 e. The number of ether oxygens (including phenoxy) is 2. The monoisotopic (exact) mass is 365 g/mol. The Bertz CT molecular complexity index is 358. The quantitative estimate of drug-likeness (QED) is 0.549. The lowest BCUT2D eigenvalue weighted by molar-refractivity contribution is -0.161. The second-order valence-electron chi connectivity index (χ2n) is 6.97. The molecule has 0 rings (SSSR count). The molecule has 5 nitrogen and oxygen atoms in total. The molecule has 6 heteroatoms. The third kappa shape index (κ3) is 8.96. The fourth-order valence-corrected chi connectivity index (χ4v) is 1.89. The lowest BCUT2D eigenvalue weighted by atomic mass is 10.1. The van der Waals surface area contributed by atoms with Gasteiger partial charge in [0.1, 0.15) is 17.2 Å². The van der Waals surface area contributed by atoms with Crippen LogP contribution >= 0.6 is 15.9 Å². The van der Waals surface area contributed by atoms with Crippen molar-refractivity contribution in [1.29, 1.82) is 0 Å². The van der Waals surface area contributed by atoms with E-state index in [9.17, 15) is 9.59 Å². The molecule has 124 valence electrons. The molecular formula is C15H28BrNO4. The van der Waals surface area contributed by atoms with Crippen molar-refractivity contribution in [3.05, 3.63) is 0 Å². The number of amides is 1. The van der Waals surface area contributed by atoms with E-state index in [1.165, 1.54) is 4.90 Å². The first-order valence-corrected chi connectivity index (χ1v) is 8.24. The number of halogens is 1. The summed E-state index contributed by atoms with van der Waals surface area (Å²) < 4.78 is 10.7. The summed E-state index contributed by atoms with van der Waals surface area (Å²) in [6.45, 7) is 10.8. The van der Waals surface area contributed by atoms with Crippen molar-refractivity contribution in [2.45, 2.75) is 71.6 Å². The normalized spacial score (nSPS) is 13.5. The van der Waals surface area contributed by atoms with Crippen molar-refractivity contribution in [3.8, 4) is 0 Å². The van der Waals surface area contributed by atoms with E-state index in [1.54, 1.807) is 48.6 Å². The molecular weight excluding hydrogens is 338 g/mol. The van der Waals surface area contributed by atoms with Crippen LogP contribution in [0.2, 0.25) is 0 Å². The number of esters is 1. The minimum Gasteiger partial charge on any atom is -0.458 e. The van der Waals surface area contributed by atoms with Crippen LogP contribution < -0.4 is 0 Å². The van der Waals surface area contributed by atoms with Gasteiger partial charge in [-0.2, -0.15) is 0 Å². The van der Waals surface area contributed by atoms with E-state index in [1.807, 2.05) is 0 Å². The summed E-state index contributed by atoms with van der Waals surface area (Å²) in [7, 11) is 1.57. The fraction of sp³-hybridized carbons (Fsp3) is 0.867. The van der Waals surface area contributed by atoms with E-state index in [4.69, 9.17) is 9.47 Å². The zero-order valence-electron chi connectivity index (χ0n) is 14.2. The van der Waals surface area contributed by atoms with Gasteiger partial charge in [0.05, 0.1) is 0 Å². The minimum atomic E-state index is -0.642. The smallest absolute Gasteiger partial charge is 0.410 e. The molecule has 0 aromatic carbocycles. The lowest BCUT2D eigenvalue weighted by Crippen LogP contribution is -2.47. The minimum absolute atomic E-state index is 0.406. The van der Waals surface area contributed by atoms with E-state index < -0.39 is 29.3 Å². The molecule has 1 atom stereocenters. The van der Waals surface area contributed by atoms with Gasteiger partial charge in [-0.05, 0) is 54.4 Å². The molecule has 0 aromatic rings. The molecule has 1 amide bonds. The van der Waals surface area contributed by atoms with E-state index in [0.29, 0.717) is 6.42 Å². The SMILES string of the molecule is CN(C(=O)OC(C)(C)C)[C@@H](CCCBr)C(=O)OC(C)(C)C. The molecule has 0 aliphatic rings. The molecule has 0 bridgehead atoms. The fourth-order valence-electron chi connectivity index (χ4n) is 1.57. The summed E-state index contributed by atoms with van der Waals surface area (Å²) in [6, 6.07) is -0.642. The number of carbonyl (C=O) groups is 2. The van der Waals surface area contributed by atoms with Gasteiger partial charge in [0, 0.05) is 12.4 Å². The van der Waals surface area contributed by atoms with Crippen molar-refractivity contribution >= 4 is 28.0 Å². The average molecular weight is 366 g/mol. The van der Waals surface area contributed by atoms with Crippen molar-refractivity contribution in [2.75, 3.05) is 12.4 Å². The molecule has 0 aliphatic carbocycles. The summed E-state index contributed by atoms with van der Waals surface area (Å²) in [5, 5.41) is 0.758. The van der Waals surface area contributed by atoms with Gasteiger partial charge < -0.3 is 9.47 Å². The number of nitrogens with zero attached hydrogens (tertiary/aromatic N) is 1. The van der Waals surface area contributed by atoms with Gasteiger partial charge in [0.15, 0.2) is 0 Å². The van der Waals surface area contributed by atoms with E-state index in [-0.39, 0.29) is 0 Å². The number of hydrogen-bond donors (Lipinski definition) is 0. The highest BCUT2D eigenvalue weighted by Gasteiger charge is 2.32. The van der Waals surface area contributed by atoms with E-state index >= 15 is 0 Å². The number of alkyl halides is 1. The Kier molecular flexibility index (Phi) is 7.71. The van der Waals surface area contributed by atoms with Gasteiger partial charge >= 0.3 is 12.1 Å². The maximum Gasteiger partial charge on any atom is 0.410 e. The molecule has 0 aliphatic heterocycles. The molecule has 0 N–H and O–H groups in total. The Morgan fingerprint density at radius 1 is 1.05 bits per heavy atom. The van der Waals surface area contributed by atoms with Gasteiger partial charge in [-0.25, -0.2) is 9.59 Å². The third-order valence-electron chi connectivity index (χ3n) is 2.44. The van der Waals surface area contributed by atoms with Gasteiger partial charge in [0.2, 0.25) is 0 Å². The summed E-state index contributed by atoms with van der Waals surface area (Å²) in [5.74, 6) is -0.406. The van der Waals surface area contributed by atoms with Crippen LogP contribution in [-0.2, 0) is 14.3 Å². The molecule has 21 heavy (non-hydrogen) atoms. The molecule has 0 unspecified atom stereocenters. The Balaban J connectivity index is 4.96. The van der Waals surface area contributed by atoms with Crippen molar-refractivity contribution in [3.63, 3.8) is 0 Å². The van der Waals surface area contributed by atoms with Crippen LogP contribution in [0.3, 0.4) is 0 Å². The van der Waals surface area contributed by atoms with Crippen LogP contribution in [0.5, 0.6) is 0 Å². The van der Waals surface area contributed by atoms with Gasteiger partial charge in [0.25, 0.3) is 0 Å². The Labute approximate surface area is 136 Å². The second kappa shape index (κ2) is 8.01. The van der Waals surface area contributed by atoms with Gasteiger partial charge in [-0.1, -0.05) is 15.9 Å². The first-order chi connectivity index (χ1) is 9.37. The summed E-state index contributed by atoms with van der Waals surface area (Å²) in [6.07, 6.45) is 0.764. The van der Waals surface area contributed by atoms with E-state index in [0.717, 1.165) is 11.8 Å². The van der Waals surface area contributed by atoms with Crippen LogP contribution in [0.1, 0.15) is 54.4 Å². The number of likely N-dealkylation sites (N-methyl/N-ethyl adjacent to an activating group) is 1. The highest BCUT2D eigenvalue weighted by molar-refractivity contribution is 9.09. The third-order valence-corrected chi connectivity index (χ3v) is 3.00. The van der Waals surface area contributed by atoms with Gasteiger partial charge in [-0.3, -0.25) is 4.90 Å². The second-order valence-corrected chi connectivity index (χ2v) is 7.76. The summed E-state index contributed by atoms with van der Waals surface area (Å²) in [5.41, 5.74) is -1.18. The molecule has 0 aromatic heterocycles. The summed E-state index contributed by atoms with van der Waals surface area (Å²) >= 11 is 3.34. The maximum absolute atomic E-state index is 12.3. The maximum atomic E-state index is 12.3. The highest BCUT2D eigenvalue weighted by Crippen LogP contribution is 2.17. The van der Waals surface area contributed by atoms with Crippen molar-refractivity contribution in [1.82, 2.24) is 4.90 Å². The molecule has 0 saturated heterocycles. The topological polar surface area (TPSA) is 55.8 Å². The number of hydrogen-bond acceptors (Lipinski definition) is 4. The predicted molar refractivity (Wildman–Crippen MR) is 86.7 cm³/mol. The zero-order chi connectivity index (χ0) is 16.8. The Morgan fingerprint density at radius 3 is 1.90 bits per heavy atom. The average Bonchev–Trinajstić information content (AvgIpc) is 2.24. The van der Waals surface area contributed by atoms with Crippen LogP contribution in [-0.4, -0.2) is 46.6 Å². The molecule has 0 heterocycles. The van der Waals surface area contributed by atoms with E-state index in [2.05, 4.69) is 15.9 Å². The first-order valence-electron chi connectivity index (χ1n) is 7.12. The first kappa shape index (κ1) is 20.2. The predicted octanol–water partition coefficient (Wildman–Crippen LogP) is 3.74. The van der Waals surface area contributed by atoms with Gasteiger partial charge in [-0.15, -0.1) is 0 Å². The number of carbonyl (C=O) groups excluding carboxylic acids is 2. The summed E-state index contributed by atoms with van der Waals surface area (Å²) in [4.78, 5) is 25.7. The Hall–Kier alpha value is -0.780. The highest BCUT2D eigenvalue weighted by atomic mass is 79.9. The Morgan fingerprint density at radius 2 is 1.52 bits per heavy atom. The molecule has 0 fully saturated rings. The lowest BCUT2D eigenvalue weighted by Gasteiger charge is -2.31. The molecule has 0 spiro atoms. The zero-order valence-corrected chi connectivity index (χ0v) is 15.7. The van der Waals surface area contributed by atoms with Crippen molar-refractivity contribution < 1.29 is 19.1 Å². The van der Waals surface area contributed by atoms with Crippen LogP contribution in [0.4, 0.5) is 4.79 Å².